The van der Waals surface area contributed by atoms with Gasteiger partial charge in [0.2, 0.25) is 0 Å². The number of likely N-dealkylation sites (tertiary alicyclic amines) is 1. The first kappa shape index (κ1) is 11.2. The first-order chi connectivity index (χ1) is 4.33. The van der Waals surface area contributed by atoms with Crippen LogP contribution in [0.1, 0.15) is 19.8 Å². The maximum absolute atomic E-state index is 4.05. The Kier molecular flexibility index (Phi) is 6.53. The third-order valence-electron chi connectivity index (χ3n) is 2.05. The Morgan fingerprint density at radius 1 is 1.60 bits per heavy atom. The molecule has 1 atom stereocenters. The van der Waals surface area contributed by atoms with Gasteiger partial charge in [-0.25, -0.2) is 0 Å². The maximum Gasteiger partial charge on any atom is 0 e. The monoisotopic (exact) mass is 291 g/mol. The van der Waals surface area contributed by atoms with Crippen molar-refractivity contribution in [2.75, 3.05) is 19.6 Å². The van der Waals surface area contributed by atoms with Crippen molar-refractivity contribution in [2.45, 2.75) is 19.8 Å². The molecule has 1 heterocycles. The summed E-state index contributed by atoms with van der Waals surface area (Å²) in [5, 5.41) is 0. The molecule has 1 unspecified atom stereocenters. The molecule has 1 radical (unpaired) electrons. The van der Waals surface area contributed by atoms with Crippen LogP contribution in [0, 0.1) is 50.6 Å². The summed E-state index contributed by atoms with van der Waals surface area (Å²) in [7, 11) is 0. The van der Waals surface area contributed by atoms with Crippen LogP contribution < -0.4 is 0 Å². The van der Waals surface area contributed by atoms with Crippen molar-refractivity contribution >= 4 is 0 Å². The molecule has 1 nitrogen and oxygen atoms in total. The van der Waals surface area contributed by atoms with Gasteiger partial charge in [0.25, 0.3) is 0 Å². The van der Waals surface area contributed by atoms with E-state index in [4.69, 9.17) is 0 Å². The fraction of sp³-hybridized carbons (Fsp3) is 0.875. The fourth-order valence-corrected chi connectivity index (χ4v) is 1.44. The fourth-order valence-electron chi connectivity index (χ4n) is 1.44. The average molecular weight is 291 g/mol. The topological polar surface area (TPSA) is 3.24 Å². The van der Waals surface area contributed by atoms with Gasteiger partial charge < -0.3 is 11.8 Å². The van der Waals surface area contributed by atoms with Gasteiger partial charge in [0.05, 0.1) is 0 Å². The van der Waals surface area contributed by atoms with E-state index in [1.165, 1.54) is 32.5 Å². The van der Waals surface area contributed by atoms with Gasteiger partial charge in [-0.05, 0) is 26.1 Å². The van der Waals surface area contributed by atoms with Gasteiger partial charge in [0, 0.05) is 37.7 Å². The van der Waals surface area contributed by atoms with Crippen LogP contribution in [0.3, 0.4) is 0 Å². The smallest absolute Gasteiger partial charge is 0 e. The number of hydrogen-bond donors (Lipinski definition) is 0. The summed E-state index contributed by atoms with van der Waals surface area (Å²) >= 11 is 0. The normalized spacial score (nSPS) is 27.6. The molecular formula is C8H16HoN-. The Labute approximate surface area is 94.2 Å². The number of nitrogens with zero attached hydrogens (tertiary/aromatic N) is 1. The Morgan fingerprint density at radius 3 is 2.70 bits per heavy atom. The van der Waals surface area contributed by atoms with Gasteiger partial charge in [-0.2, -0.15) is 5.92 Å². The van der Waals surface area contributed by atoms with E-state index in [-0.39, 0.29) is 37.7 Å². The molecule has 0 N–H and O–H groups in total. The predicted octanol–water partition coefficient (Wildman–Crippen LogP) is 1.55. The van der Waals surface area contributed by atoms with Crippen LogP contribution >= 0.6 is 0 Å². The standard InChI is InChI=1S/C8H16N.Ho/c1-3-9-6-4-5-8(2)7-9;/h8H,2-7H2,1H3;/q-1;. The zero-order valence-corrected chi connectivity index (χ0v) is 8.50. The van der Waals surface area contributed by atoms with Gasteiger partial charge in [-0.15, -0.1) is 0 Å². The Hall–Kier alpha value is 1.22. The van der Waals surface area contributed by atoms with E-state index in [1.54, 1.807) is 0 Å². The van der Waals surface area contributed by atoms with Crippen molar-refractivity contribution in [1.82, 2.24) is 4.90 Å². The van der Waals surface area contributed by atoms with Crippen LogP contribution in [0.4, 0.5) is 0 Å². The SMILES string of the molecule is [CH2-]C1CCCN(CC)C1.[Ho]. The van der Waals surface area contributed by atoms with E-state index < -0.39 is 0 Å². The molecule has 0 saturated carbocycles. The summed E-state index contributed by atoms with van der Waals surface area (Å²) in [6.07, 6.45) is 2.68. The van der Waals surface area contributed by atoms with Crippen molar-refractivity contribution in [1.29, 1.82) is 0 Å². The zero-order valence-electron chi connectivity index (χ0n) is 6.57. The summed E-state index contributed by atoms with van der Waals surface area (Å²) in [4.78, 5) is 2.47. The van der Waals surface area contributed by atoms with E-state index in [0.717, 1.165) is 0 Å². The Balaban J connectivity index is 0.000000810. The van der Waals surface area contributed by atoms with Crippen LogP contribution in [0.2, 0.25) is 0 Å². The van der Waals surface area contributed by atoms with Crippen LogP contribution in [-0.4, -0.2) is 24.5 Å². The van der Waals surface area contributed by atoms with Crippen LogP contribution in [0.25, 0.3) is 0 Å². The van der Waals surface area contributed by atoms with E-state index in [0.29, 0.717) is 5.92 Å². The molecule has 0 aromatic carbocycles. The quantitative estimate of drug-likeness (QED) is 0.523. The summed E-state index contributed by atoms with van der Waals surface area (Å²) in [5.41, 5.74) is 0. The number of hydrogen-bond acceptors (Lipinski definition) is 1. The van der Waals surface area contributed by atoms with Gasteiger partial charge in [-0.3, -0.25) is 0 Å². The second-order valence-corrected chi connectivity index (χ2v) is 2.90. The molecule has 0 bridgehead atoms. The van der Waals surface area contributed by atoms with Gasteiger partial charge in [-0.1, -0.05) is 13.3 Å². The molecule has 65 valence electrons. The van der Waals surface area contributed by atoms with Crippen molar-refractivity contribution in [3.63, 3.8) is 0 Å². The van der Waals surface area contributed by atoms with E-state index in [1.807, 2.05) is 0 Å². The Bertz CT molecular complexity index is 85.3. The van der Waals surface area contributed by atoms with Crippen molar-refractivity contribution in [2.24, 2.45) is 5.92 Å². The third kappa shape index (κ3) is 3.56. The first-order valence-electron chi connectivity index (χ1n) is 3.88. The summed E-state index contributed by atoms with van der Waals surface area (Å²) in [6.45, 7) is 9.99. The molecule has 0 amide bonds. The summed E-state index contributed by atoms with van der Waals surface area (Å²) in [5.74, 6) is 0.693. The molecule has 1 aliphatic heterocycles. The van der Waals surface area contributed by atoms with Crippen LogP contribution in [-0.2, 0) is 0 Å². The molecular weight excluding hydrogens is 275 g/mol. The first-order valence-corrected chi connectivity index (χ1v) is 3.88. The molecule has 1 aliphatic rings. The largest absolute Gasteiger partial charge is 0.339 e. The minimum atomic E-state index is 0. The van der Waals surface area contributed by atoms with Crippen LogP contribution in [0.5, 0.6) is 0 Å². The van der Waals surface area contributed by atoms with Gasteiger partial charge in [0.15, 0.2) is 0 Å². The minimum Gasteiger partial charge on any atom is -0.339 e. The van der Waals surface area contributed by atoms with E-state index >= 15 is 0 Å². The summed E-state index contributed by atoms with van der Waals surface area (Å²) in [6, 6.07) is 0. The van der Waals surface area contributed by atoms with E-state index in [2.05, 4.69) is 18.7 Å². The van der Waals surface area contributed by atoms with Crippen LogP contribution in [0.15, 0.2) is 0 Å². The third-order valence-corrected chi connectivity index (χ3v) is 2.05. The van der Waals surface area contributed by atoms with E-state index in [9.17, 15) is 0 Å². The second kappa shape index (κ2) is 5.82. The molecule has 2 heteroatoms. The molecule has 1 fully saturated rings. The molecule has 1 saturated heterocycles. The molecule has 0 spiro atoms. The van der Waals surface area contributed by atoms with Crippen molar-refractivity contribution < 1.29 is 37.7 Å². The molecule has 0 aliphatic carbocycles. The maximum atomic E-state index is 4.05. The predicted molar refractivity (Wildman–Crippen MR) is 40.2 cm³/mol. The van der Waals surface area contributed by atoms with Crippen molar-refractivity contribution in [3.05, 3.63) is 6.92 Å². The van der Waals surface area contributed by atoms with Crippen molar-refractivity contribution in [3.8, 4) is 0 Å². The second-order valence-electron chi connectivity index (χ2n) is 2.90. The molecule has 0 aromatic heterocycles. The zero-order chi connectivity index (χ0) is 6.69. The number of rotatable bonds is 1. The average Bonchev–Trinajstić information content (AvgIpc) is 1.88. The minimum absolute atomic E-state index is 0. The van der Waals surface area contributed by atoms with Gasteiger partial charge in [0.1, 0.15) is 0 Å². The molecule has 10 heavy (non-hydrogen) atoms. The number of piperidine rings is 1. The molecule has 0 aromatic rings. The van der Waals surface area contributed by atoms with Gasteiger partial charge >= 0.3 is 0 Å². The Morgan fingerprint density at radius 2 is 2.30 bits per heavy atom. The molecule has 1 rings (SSSR count). The summed E-state index contributed by atoms with van der Waals surface area (Å²) < 4.78 is 0.